The van der Waals surface area contributed by atoms with E-state index in [0.717, 1.165) is 37.9 Å². The van der Waals surface area contributed by atoms with Crippen molar-refractivity contribution in [2.75, 3.05) is 13.6 Å². The molecule has 4 rings (SSSR count). The van der Waals surface area contributed by atoms with E-state index in [1.54, 1.807) is 12.1 Å². The number of nitrogens with zero attached hydrogens (tertiary/aromatic N) is 2. The van der Waals surface area contributed by atoms with Gasteiger partial charge in [0.25, 0.3) is 0 Å². The minimum absolute atomic E-state index is 0.130. The molecule has 0 amide bonds. The lowest BCUT2D eigenvalue weighted by molar-refractivity contribution is 0.333. The summed E-state index contributed by atoms with van der Waals surface area (Å²) in [6, 6.07) is 5.31. The third-order valence-electron chi connectivity index (χ3n) is 5.73. The van der Waals surface area contributed by atoms with Crippen LogP contribution in [-0.2, 0) is 19.5 Å². The summed E-state index contributed by atoms with van der Waals surface area (Å²) < 4.78 is 16.4. The highest BCUT2D eigenvalue weighted by atomic mass is 19.1. The molecule has 2 aliphatic rings. The standard InChI is InChI=1S/C22H27FN2/c1-16-5-7-17(8-6-16)11-13-25-21-4-3-12-24(2)15-20(21)19-14-18(23)9-10-22(19)25/h5,7,9-10,14H,3-4,6,8,11-13,15H2,1-2H3. The maximum atomic E-state index is 13.9. The Balaban J connectivity index is 1.71. The van der Waals surface area contributed by atoms with Crippen LogP contribution < -0.4 is 0 Å². The van der Waals surface area contributed by atoms with Gasteiger partial charge in [0.1, 0.15) is 5.82 Å². The fraction of sp³-hybridized carbons (Fsp3) is 0.455. The lowest BCUT2D eigenvalue weighted by Crippen LogP contribution is -2.17. The maximum Gasteiger partial charge on any atom is 0.123 e. The van der Waals surface area contributed by atoms with Gasteiger partial charge in [-0.25, -0.2) is 4.39 Å². The Kier molecular flexibility index (Phi) is 4.51. The van der Waals surface area contributed by atoms with Gasteiger partial charge >= 0.3 is 0 Å². The SMILES string of the molecule is CC1=CC=C(CCn2c3c(c4cc(F)ccc42)CN(C)CCC3)CC1. The Morgan fingerprint density at radius 2 is 2.00 bits per heavy atom. The Morgan fingerprint density at radius 3 is 2.80 bits per heavy atom. The number of fused-ring (bicyclic) bond motifs is 3. The average Bonchev–Trinajstić information content (AvgIpc) is 2.74. The second kappa shape index (κ2) is 6.80. The van der Waals surface area contributed by atoms with Crippen LogP contribution >= 0.6 is 0 Å². The molecular weight excluding hydrogens is 311 g/mol. The molecule has 2 nitrogen and oxygen atoms in total. The van der Waals surface area contributed by atoms with Crippen LogP contribution in [0.15, 0.2) is 41.5 Å². The quantitative estimate of drug-likeness (QED) is 0.745. The van der Waals surface area contributed by atoms with Crippen LogP contribution in [-0.4, -0.2) is 23.1 Å². The fourth-order valence-corrected chi connectivity index (χ4v) is 4.28. The second-order valence-corrected chi connectivity index (χ2v) is 7.67. The van der Waals surface area contributed by atoms with Crippen molar-refractivity contribution in [3.8, 4) is 0 Å². The van der Waals surface area contributed by atoms with Gasteiger partial charge in [-0.3, -0.25) is 0 Å². The first-order valence-corrected chi connectivity index (χ1v) is 9.45. The van der Waals surface area contributed by atoms with Crippen LogP contribution in [0.25, 0.3) is 10.9 Å². The number of hydrogen-bond donors (Lipinski definition) is 0. The van der Waals surface area contributed by atoms with E-state index in [9.17, 15) is 4.39 Å². The van der Waals surface area contributed by atoms with Crippen molar-refractivity contribution in [3.05, 3.63) is 58.6 Å². The van der Waals surface area contributed by atoms with Crippen LogP contribution in [0.2, 0.25) is 0 Å². The number of allylic oxidation sites excluding steroid dienone is 4. The summed E-state index contributed by atoms with van der Waals surface area (Å²) in [7, 11) is 2.17. The molecule has 1 aromatic carbocycles. The van der Waals surface area contributed by atoms with Gasteiger partial charge in [0.15, 0.2) is 0 Å². The Morgan fingerprint density at radius 1 is 1.12 bits per heavy atom. The van der Waals surface area contributed by atoms with Crippen LogP contribution in [0, 0.1) is 5.82 Å². The molecule has 1 aromatic heterocycles. The van der Waals surface area contributed by atoms with Crippen molar-refractivity contribution < 1.29 is 4.39 Å². The molecule has 0 saturated carbocycles. The molecule has 0 saturated heterocycles. The van der Waals surface area contributed by atoms with Gasteiger partial charge in [-0.2, -0.15) is 0 Å². The molecule has 1 aliphatic carbocycles. The summed E-state index contributed by atoms with van der Waals surface area (Å²) in [4.78, 5) is 2.36. The van der Waals surface area contributed by atoms with Crippen molar-refractivity contribution >= 4 is 10.9 Å². The highest BCUT2D eigenvalue weighted by Gasteiger charge is 2.21. The van der Waals surface area contributed by atoms with E-state index in [4.69, 9.17) is 0 Å². The van der Waals surface area contributed by atoms with Crippen molar-refractivity contribution in [1.82, 2.24) is 9.47 Å². The van der Waals surface area contributed by atoms with Crippen molar-refractivity contribution in [2.24, 2.45) is 0 Å². The zero-order chi connectivity index (χ0) is 17.4. The Labute approximate surface area is 149 Å². The number of halogens is 1. The third-order valence-corrected chi connectivity index (χ3v) is 5.73. The predicted molar refractivity (Wildman–Crippen MR) is 102 cm³/mol. The van der Waals surface area contributed by atoms with Crippen LogP contribution in [0.5, 0.6) is 0 Å². The Hall–Kier alpha value is -1.87. The van der Waals surface area contributed by atoms with E-state index in [0.29, 0.717) is 0 Å². The third kappa shape index (κ3) is 3.30. The molecule has 0 bridgehead atoms. The van der Waals surface area contributed by atoms with E-state index in [-0.39, 0.29) is 5.82 Å². The van der Waals surface area contributed by atoms with Gasteiger partial charge in [0, 0.05) is 29.7 Å². The first kappa shape index (κ1) is 16.6. The van der Waals surface area contributed by atoms with Crippen LogP contribution in [0.1, 0.15) is 43.9 Å². The summed E-state index contributed by atoms with van der Waals surface area (Å²) >= 11 is 0. The van der Waals surface area contributed by atoms with Gasteiger partial charge in [0.05, 0.1) is 0 Å². The van der Waals surface area contributed by atoms with Crippen molar-refractivity contribution in [3.63, 3.8) is 0 Å². The zero-order valence-corrected chi connectivity index (χ0v) is 15.3. The van der Waals surface area contributed by atoms with Crippen LogP contribution in [0.4, 0.5) is 4.39 Å². The lowest BCUT2D eigenvalue weighted by Gasteiger charge is -2.15. The molecule has 0 unspecified atom stereocenters. The van der Waals surface area contributed by atoms with Crippen molar-refractivity contribution in [2.45, 2.75) is 52.1 Å². The molecule has 0 atom stereocenters. The minimum Gasteiger partial charge on any atom is -0.344 e. The van der Waals surface area contributed by atoms with E-state index in [2.05, 4.69) is 35.6 Å². The topological polar surface area (TPSA) is 8.17 Å². The number of aromatic nitrogens is 1. The van der Waals surface area contributed by atoms with E-state index >= 15 is 0 Å². The van der Waals surface area contributed by atoms with Gasteiger partial charge in [0.2, 0.25) is 0 Å². The van der Waals surface area contributed by atoms with Crippen molar-refractivity contribution in [1.29, 1.82) is 0 Å². The maximum absolute atomic E-state index is 13.9. The smallest absolute Gasteiger partial charge is 0.123 e. The Bertz CT molecular complexity index is 857. The summed E-state index contributed by atoms with van der Waals surface area (Å²) in [5, 5.41) is 1.11. The predicted octanol–water partition coefficient (Wildman–Crippen LogP) is 5.22. The molecule has 25 heavy (non-hydrogen) atoms. The molecule has 0 spiro atoms. The monoisotopic (exact) mass is 338 g/mol. The molecule has 2 heterocycles. The molecule has 0 radical (unpaired) electrons. The molecule has 3 heteroatoms. The number of benzene rings is 1. The largest absolute Gasteiger partial charge is 0.344 e. The summed E-state index contributed by atoms with van der Waals surface area (Å²) in [5.41, 5.74) is 6.97. The molecule has 1 aliphatic heterocycles. The van der Waals surface area contributed by atoms with Gasteiger partial charge in [-0.15, -0.1) is 0 Å². The number of hydrogen-bond acceptors (Lipinski definition) is 1. The van der Waals surface area contributed by atoms with E-state index in [1.165, 1.54) is 47.2 Å². The number of aryl methyl sites for hydroxylation is 1. The number of rotatable bonds is 3. The molecule has 0 N–H and O–H groups in total. The first-order valence-electron chi connectivity index (χ1n) is 9.45. The van der Waals surface area contributed by atoms with E-state index in [1.807, 2.05) is 6.07 Å². The molecule has 132 valence electrons. The van der Waals surface area contributed by atoms with E-state index < -0.39 is 0 Å². The highest BCUT2D eigenvalue weighted by Crippen LogP contribution is 2.32. The van der Waals surface area contributed by atoms with Gasteiger partial charge < -0.3 is 9.47 Å². The first-order chi connectivity index (χ1) is 12.1. The highest BCUT2D eigenvalue weighted by molar-refractivity contribution is 5.85. The zero-order valence-electron chi connectivity index (χ0n) is 15.3. The molecular formula is C22H27FN2. The molecule has 0 fully saturated rings. The normalized spacial score (nSPS) is 18.7. The van der Waals surface area contributed by atoms with Crippen LogP contribution in [0.3, 0.4) is 0 Å². The summed E-state index contributed by atoms with van der Waals surface area (Å²) in [6.07, 6.45) is 10.3. The fourth-order valence-electron chi connectivity index (χ4n) is 4.28. The summed E-state index contributed by atoms with van der Waals surface area (Å²) in [5.74, 6) is -0.130. The lowest BCUT2D eigenvalue weighted by atomic mass is 9.97. The second-order valence-electron chi connectivity index (χ2n) is 7.67. The molecule has 2 aromatic rings. The van der Waals surface area contributed by atoms with Gasteiger partial charge in [-0.05, 0) is 76.4 Å². The summed E-state index contributed by atoms with van der Waals surface area (Å²) in [6.45, 7) is 5.24. The van der Waals surface area contributed by atoms with Gasteiger partial charge in [-0.1, -0.05) is 23.3 Å². The average molecular weight is 338 g/mol. The minimum atomic E-state index is -0.130.